The van der Waals surface area contributed by atoms with Crippen LogP contribution in [0.15, 0.2) is 12.2 Å². The molecule has 0 amide bonds. The Morgan fingerprint density at radius 3 is 0.780 bits per heavy atom. The quantitative estimate of drug-likeness (QED) is 0.0448. The van der Waals surface area contributed by atoms with E-state index in [1.165, 1.54) is 103 Å². The van der Waals surface area contributed by atoms with Crippen LogP contribution in [-0.4, -0.2) is 40.5 Å². The van der Waals surface area contributed by atoms with Crippen LogP contribution < -0.4 is 0 Å². The fourth-order valence-corrected chi connectivity index (χ4v) is 21.7. The number of carboxylic acid groups (broad SMARTS) is 2. The molecule has 0 aliphatic carbocycles. The predicted octanol–water partition coefficient (Wildman–Crippen LogP) is 12.6. The maximum Gasteiger partial charge on any atom is 0.328 e. The van der Waals surface area contributed by atoms with Crippen LogP contribution in [0.5, 0.6) is 0 Å². The van der Waals surface area contributed by atoms with Gasteiger partial charge in [0.15, 0.2) is 0 Å². The van der Waals surface area contributed by atoms with Crippen molar-refractivity contribution in [2.75, 3.05) is 0 Å². The predicted molar refractivity (Wildman–Crippen MR) is 183 cm³/mol. The first-order chi connectivity index (χ1) is 19.9. The SMILES string of the molecule is CCCCCCC[CH2][Sn]([CH2]CCCCCCC)([CH2]CCCCCCC)[CH2]CCCCCCC.O=C(O)/C=C\C(=O)O. The number of hydrogen-bond acceptors (Lipinski definition) is 2. The Hall–Kier alpha value is -0.521. The molecule has 0 aromatic heterocycles. The monoisotopic (exact) mass is 688 g/mol. The van der Waals surface area contributed by atoms with Gasteiger partial charge in [0.1, 0.15) is 0 Å². The van der Waals surface area contributed by atoms with Crippen LogP contribution in [0.3, 0.4) is 0 Å². The normalized spacial score (nSPS) is 11.5. The van der Waals surface area contributed by atoms with Crippen molar-refractivity contribution < 1.29 is 19.8 Å². The minimum atomic E-state index is -1.97. The molecule has 244 valence electrons. The summed E-state index contributed by atoms with van der Waals surface area (Å²) in [6, 6.07) is 0. The van der Waals surface area contributed by atoms with E-state index in [-0.39, 0.29) is 0 Å². The van der Waals surface area contributed by atoms with Crippen molar-refractivity contribution in [3.63, 3.8) is 0 Å². The zero-order chi connectivity index (χ0) is 30.9. The van der Waals surface area contributed by atoms with Crippen LogP contribution in [0.4, 0.5) is 0 Å². The van der Waals surface area contributed by atoms with Crippen molar-refractivity contribution in [3.8, 4) is 0 Å². The van der Waals surface area contributed by atoms with Gasteiger partial charge in [-0.2, -0.15) is 0 Å². The van der Waals surface area contributed by atoms with Gasteiger partial charge in [-0.25, -0.2) is 9.59 Å². The Bertz CT molecular complexity index is 505. The van der Waals surface area contributed by atoms with Gasteiger partial charge in [0.05, 0.1) is 0 Å². The topological polar surface area (TPSA) is 74.6 Å². The molecule has 0 spiro atoms. The number of carbonyl (C=O) groups is 2. The fraction of sp³-hybridized carbons (Fsp3) is 0.889. The van der Waals surface area contributed by atoms with E-state index in [0.717, 1.165) is 0 Å². The van der Waals surface area contributed by atoms with Crippen LogP contribution in [0.2, 0.25) is 17.7 Å². The summed E-state index contributed by atoms with van der Waals surface area (Å²) in [7, 11) is 0. The van der Waals surface area contributed by atoms with Gasteiger partial charge in [0, 0.05) is 12.2 Å². The number of rotatable bonds is 30. The third-order valence-corrected chi connectivity index (χ3v) is 24.8. The second kappa shape index (κ2) is 34.0. The molecule has 0 aliphatic rings. The smallest absolute Gasteiger partial charge is 0.328 e. The Labute approximate surface area is 260 Å². The number of unbranched alkanes of at least 4 members (excludes halogenated alkanes) is 20. The van der Waals surface area contributed by atoms with Crippen LogP contribution in [0, 0.1) is 0 Å². The molecule has 4 nitrogen and oxygen atoms in total. The molecule has 5 heteroatoms. The molecule has 0 heterocycles. The van der Waals surface area contributed by atoms with E-state index in [2.05, 4.69) is 27.7 Å². The van der Waals surface area contributed by atoms with E-state index in [4.69, 9.17) is 10.2 Å². The van der Waals surface area contributed by atoms with E-state index in [9.17, 15) is 9.59 Å². The molecule has 0 radical (unpaired) electrons. The van der Waals surface area contributed by atoms with Gasteiger partial charge < -0.3 is 10.2 Å². The summed E-state index contributed by atoms with van der Waals surface area (Å²) in [6.45, 7) is 9.40. The zero-order valence-corrected chi connectivity index (χ0v) is 31.0. The molecule has 0 fully saturated rings. The Kier molecular flexibility index (Phi) is 35.3. The van der Waals surface area contributed by atoms with Gasteiger partial charge in [-0.05, 0) is 0 Å². The van der Waals surface area contributed by atoms with E-state index < -0.39 is 30.3 Å². The van der Waals surface area contributed by atoms with Crippen molar-refractivity contribution in [2.24, 2.45) is 0 Å². The van der Waals surface area contributed by atoms with Gasteiger partial charge >= 0.3 is 230 Å². The maximum absolute atomic E-state index is 9.55. The van der Waals surface area contributed by atoms with Crippen molar-refractivity contribution in [3.05, 3.63) is 12.2 Å². The van der Waals surface area contributed by atoms with Gasteiger partial charge in [0.2, 0.25) is 0 Å². The van der Waals surface area contributed by atoms with Crippen molar-refractivity contribution in [1.29, 1.82) is 0 Å². The van der Waals surface area contributed by atoms with Crippen LogP contribution >= 0.6 is 0 Å². The first-order valence-corrected chi connectivity index (χ1v) is 26.1. The van der Waals surface area contributed by atoms with E-state index in [1.54, 1.807) is 69.1 Å². The number of carboxylic acids is 2. The van der Waals surface area contributed by atoms with Crippen LogP contribution in [-0.2, 0) is 9.59 Å². The van der Waals surface area contributed by atoms with Crippen LogP contribution in [0.1, 0.15) is 182 Å². The fourth-order valence-electron chi connectivity index (χ4n) is 6.01. The number of hydrogen-bond donors (Lipinski definition) is 2. The molecule has 0 unspecified atom stereocenters. The first-order valence-electron chi connectivity index (χ1n) is 18.0. The minimum absolute atomic E-state index is 0.558. The number of aliphatic carboxylic acids is 2. The molecule has 0 aliphatic heterocycles. The first kappa shape index (κ1) is 42.6. The molecule has 0 aromatic rings. The summed E-state index contributed by atoms with van der Waals surface area (Å²) in [4.78, 5) is 19.1. The van der Waals surface area contributed by atoms with Gasteiger partial charge in [-0.1, -0.05) is 0 Å². The molecule has 41 heavy (non-hydrogen) atoms. The Morgan fingerprint density at radius 1 is 0.390 bits per heavy atom. The van der Waals surface area contributed by atoms with E-state index in [0.29, 0.717) is 12.2 Å². The molecule has 0 saturated carbocycles. The van der Waals surface area contributed by atoms with Gasteiger partial charge in [-0.15, -0.1) is 0 Å². The molecule has 0 bridgehead atoms. The molecule has 0 atom stereocenters. The molecule has 0 rings (SSSR count). The zero-order valence-electron chi connectivity index (χ0n) is 28.2. The standard InChI is InChI=1S/4C8H17.C4H4O4.Sn/c4*1-3-5-7-8-6-4-2;5-3(6)1-2-4(7)8;/h4*1,3-8H2,2H3;1-2H,(H,5,6)(H,7,8);/b;;;;2-1-;. The minimum Gasteiger partial charge on any atom is -0.478 e. The summed E-state index contributed by atoms with van der Waals surface area (Å²) in [5.74, 6) is -2.51. The van der Waals surface area contributed by atoms with Crippen molar-refractivity contribution in [2.45, 2.75) is 200 Å². The second-order valence-electron chi connectivity index (χ2n) is 12.6. The molecular weight excluding hydrogens is 615 g/mol. The third-order valence-electron chi connectivity index (χ3n) is 8.61. The summed E-state index contributed by atoms with van der Waals surface area (Å²) in [6.07, 6.45) is 37.1. The summed E-state index contributed by atoms with van der Waals surface area (Å²) < 4.78 is 7.00. The second-order valence-corrected chi connectivity index (χ2v) is 26.9. The van der Waals surface area contributed by atoms with Gasteiger partial charge in [-0.3, -0.25) is 0 Å². The summed E-state index contributed by atoms with van der Waals surface area (Å²) in [5, 5.41) is 15.6. The summed E-state index contributed by atoms with van der Waals surface area (Å²) in [5.41, 5.74) is 0. The molecular formula is C36H72O4Sn. The Balaban J connectivity index is 0. The van der Waals surface area contributed by atoms with Crippen LogP contribution in [0.25, 0.3) is 0 Å². The maximum atomic E-state index is 9.55. The van der Waals surface area contributed by atoms with E-state index in [1.807, 2.05) is 0 Å². The largest absolute Gasteiger partial charge is 0.478 e. The molecule has 0 aromatic carbocycles. The molecule has 0 saturated heterocycles. The Morgan fingerprint density at radius 2 is 0.585 bits per heavy atom. The average molecular weight is 688 g/mol. The molecule has 2 N–H and O–H groups in total. The van der Waals surface area contributed by atoms with E-state index >= 15 is 0 Å². The summed E-state index contributed by atoms with van der Waals surface area (Å²) >= 11 is -1.97. The van der Waals surface area contributed by atoms with Crippen molar-refractivity contribution >= 4 is 30.3 Å². The third kappa shape index (κ3) is 33.8. The van der Waals surface area contributed by atoms with Crippen molar-refractivity contribution in [1.82, 2.24) is 0 Å². The van der Waals surface area contributed by atoms with Gasteiger partial charge in [0.25, 0.3) is 0 Å². The average Bonchev–Trinajstić information content (AvgIpc) is 2.95.